The summed E-state index contributed by atoms with van der Waals surface area (Å²) in [6.45, 7) is 0.256. The van der Waals surface area contributed by atoms with E-state index in [2.05, 4.69) is 0 Å². The Kier molecular flexibility index (Phi) is 6.48. The Morgan fingerprint density at radius 2 is 1.71 bits per heavy atom. The fourth-order valence-electron chi connectivity index (χ4n) is 1.77. The van der Waals surface area contributed by atoms with E-state index in [0.717, 1.165) is 25.0 Å². The molecule has 0 aliphatic rings. The lowest BCUT2D eigenvalue weighted by Crippen LogP contribution is -2.09. The molecular formula is C14H18O7. The molecule has 0 aliphatic heterocycles. The van der Waals surface area contributed by atoms with Gasteiger partial charge >= 0.3 is 11.9 Å². The average molecular weight is 298 g/mol. The number of carboxylic acids is 1. The zero-order chi connectivity index (χ0) is 15.8. The molecular weight excluding hydrogens is 280 g/mol. The molecule has 0 aromatic heterocycles. The second-order valence-corrected chi connectivity index (χ2v) is 4.43. The molecule has 0 atom stereocenters. The van der Waals surface area contributed by atoms with E-state index >= 15 is 0 Å². The van der Waals surface area contributed by atoms with Crippen LogP contribution in [0.1, 0.15) is 46.4 Å². The minimum Gasteiger partial charge on any atom is -0.507 e. The van der Waals surface area contributed by atoms with Crippen molar-refractivity contribution in [3.63, 3.8) is 0 Å². The summed E-state index contributed by atoms with van der Waals surface area (Å²) >= 11 is 0. The van der Waals surface area contributed by atoms with Crippen LogP contribution in [0.5, 0.6) is 11.5 Å². The van der Waals surface area contributed by atoms with E-state index in [1.54, 1.807) is 0 Å². The number of aliphatic hydroxyl groups is 1. The summed E-state index contributed by atoms with van der Waals surface area (Å²) in [5.41, 5.74) is -1.03. The van der Waals surface area contributed by atoms with Gasteiger partial charge < -0.3 is 25.2 Å². The van der Waals surface area contributed by atoms with E-state index in [0.29, 0.717) is 12.8 Å². The van der Waals surface area contributed by atoms with E-state index < -0.39 is 29.0 Å². The molecule has 4 N–H and O–H groups in total. The predicted octanol–water partition coefficient (Wildman–Crippen LogP) is 1.51. The Bertz CT molecular complexity index is 510. The van der Waals surface area contributed by atoms with Gasteiger partial charge in [0.25, 0.3) is 0 Å². The van der Waals surface area contributed by atoms with E-state index in [1.807, 2.05) is 0 Å². The number of aromatic carboxylic acids is 1. The third kappa shape index (κ3) is 4.64. The first-order valence-electron chi connectivity index (χ1n) is 6.55. The number of hydrogen-bond acceptors (Lipinski definition) is 6. The van der Waals surface area contributed by atoms with Crippen molar-refractivity contribution in [3.8, 4) is 11.5 Å². The molecule has 1 aromatic rings. The number of carboxylic acid groups (broad SMARTS) is 1. The highest BCUT2D eigenvalue weighted by Gasteiger charge is 2.22. The number of carbonyl (C=O) groups excluding carboxylic acids is 1. The molecule has 0 amide bonds. The van der Waals surface area contributed by atoms with E-state index in [4.69, 9.17) is 14.9 Å². The van der Waals surface area contributed by atoms with Crippen molar-refractivity contribution in [1.29, 1.82) is 0 Å². The minimum absolute atomic E-state index is 0.124. The molecule has 0 saturated heterocycles. The Hall–Kier alpha value is -2.28. The molecule has 116 valence electrons. The summed E-state index contributed by atoms with van der Waals surface area (Å²) in [4.78, 5) is 22.6. The van der Waals surface area contributed by atoms with E-state index in [-0.39, 0.29) is 18.8 Å². The molecule has 21 heavy (non-hydrogen) atoms. The van der Waals surface area contributed by atoms with Crippen LogP contribution in [0.2, 0.25) is 0 Å². The Morgan fingerprint density at radius 1 is 1.05 bits per heavy atom. The smallest absolute Gasteiger partial charge is 0.343 e. The van der Waals surface area contributed by atoms with Crippen LogP contribution in [0, 0.1) is 0 Å². The SMILES string of the molecule is O=C(OCCCCCCO)c1ccc(O)c(C(=O)O)c1O. The number of rotatable bonds is 8. The summed E-state index contributed by atoms with van der Waals surface area (Å²) in [6.07, 6.45) is 2.91. The molecule has 0 saturated carbocycles. The van der Waals surface area contributed by atoms with Crippen LogP contribution in [0.3, 0.4) is 0 Å². The Balaban J connectivity index is 2.63. The molecule has 0 aliphatic carbocycles. The number of unbranched alkanes of at least 4 members (excludes halogenated alkanes) is 3. The first-order chi connectivity index (χ1) is 9.99. The van der Waals surface area contributed by atoms with Crippen molar-refractivity contribution >= 4 is 11.9 Å². The number of benzene rings is 1. The standard InChI is InChI=1S/C14H18O7/c15-7-3-1-2-4-8-21-14(20)9-5-6-10(16)11(12(9)17)13(18)19/h5-6,15-17H,1-4,7-8H2,(H,18,19). The van der Waals surface area contributed by atoms with Crippen LogP contribution in [0.4, 0.5) is 0 Å². The second kappa shape index (κ2) is 8.11. The van der Waals surface area contributed by atoms with Gasteiger partial charge in [-0.15, -0.1) is 0 Å². The van der Waals surface area contributed by atoms with Gasteiger partial charge in [-0.1, -0.05) is 6.42 Å². The first-order valence-corrected chi connectivity index (χ1v) is 6.55. The monoisotopic (exact) mass is 298 g/mol. The van der Waals surface area contributed by atoms with Gasteiger partial charge in [0.1, 0.15) is 22.6 Å². The summed E-state index contributed by atoms with van der Waals surface area (Å²) in [5.74, 6) is -3.82. The molecule has 0 unspecified atom stereocenters. The van der Waals surface area contributed by atoms with Crippen LogP contribution in [0.25, 0.3) is 0 Å². The zero-order valence-corrected chi connectivity index (χ0v) is 11.4. The normalized spacial score (nSPS) is 10.3. The minimum atomic E-state index is -1.54. The van der Waals surface area contributed by atoms with Crippen LogP contribution in [0.15, 0.2) is 12.1 Å². The van der Waals surface area contributed by atoms with Crippen molar-refractivity contribution in [1.82, 2.24) is 0 Å². The average Bonchev–Trinajstić information content (AvgIpc) is 2.42. The fourth-order valence-corrected chi connectivity index (χ4v) is 1.77. The predicted molar refractivity (Wildman–Crippen MR) is 72.6 cm³/mol. The molecule has 7 nitrogen and oxygen atoms in total. The highest BCUT2D eigenvalue weighted by atomic mass is 16.5. The van der Waals surface area contributed by atoms with Crippen LogP contribution < -0.4 is 0 Å². The fraction of sp³-hybridized carbons (Fsp3) is 0.429. The number of aromatic hydroxyl groups is 2. The van der Waals surface area contributed by atoms with Crippen molar-refractivity contribution in [2.75, 3.05) is 13.2 Å². The Labute approximate surface area is 121 Å². The van der Waals surface area contributed by atoms with Gasteiger partial charge in [-0.2, -0.15) is 0 Å². The molecule has 0 bridgehead atoms. The maximum Gasteiger partial charge on any atom is 0.343 e. The summed E-state index contributed by atoms with van der Waals surface area (Å²) in [6, 6.07) is 2.12. The van der Waals surface area contributed by atoms with Crippen molar-refractivity contribution < 1.29 is 34.8 Å². The lowest BCUT2D eigenvalue weighted by atomic mass is 10.1. The van der Waals surface area contributed by atoms with Crippen molar-refractivity contribution in [3.05, 3.63) is 23.3 Å². The van der Waals surface area contributed by atoms with Gasteiger partial charge in [-0.05, 0) is 31.4 Å². The van der Waals surface area contributed by atoms with Crippen molar-refractivity contribution in [2.24, 2.45) is 0 Å². The maximum absolute atomic E-state index is 11.7. The Morgan fingerprint density at radius 3 is 2.33 bits per heavy atom. The highest BCUT2D eigenvalue weighted by molar-refractivity contribution is 6.01. The molecule has 0 heterocycles. The first kappa shape index (κ1) is 16.8. The van der Waals surface area contributed by atoms with Crippen LogP contribution in [-0.4, -0.2) is 45.6 Å². The maximum atomic E-state index is 11.7. The molecule has 0 spiro atoms. The van der Waals surface area contributed by atoms with Gasteiger partial charge in [0.05, 0.1) is 6.61 Å². The van der Waals surface area contributed by atoms with Gasteiger partial charge in [0.15, 0.2) is 0 Å². The molecule has 1 aromatic carbocycles. The molecule has 7 heteroatoms. The lowest BCUT2D eigenvalue weighted by molar-refractivity contribution is 0.0494. The highest BCUT2D eigenvalue weighted by Crippen LogP contribution is 2.30. The number of phenols is 2. The summed E-state index contributed by atoms with van der Waals surface area (Å²) < 4.78 is 4.93. The zero-order valence-electron chi connectivity index (χ0n) is 11.4. The van der Waals surface area contributed by atoms with E-state index in [1.165, 1.54) is 0 Å². The quantitative estimate of drug-likeness (QED) is 0.423. The van der Waals surface area contributed by atoms with Crippen LogP contribution in [-0.2, 0) is 4.74 Å². The number of carbonyl (C=O) groups is 2. The number of hydrogen-bond donors (Lipinski definition) is 4. The molecule has 0 radical (unpaired) electrons. The van der Waals surface area contributed by atoms with Gasteiger partial charge in [-0.25, -0.2) is 9.59 Å². The van der Waals surface area contributed by atoms with Crippen LogP contribution >= 0.6 is 0 Å². The van der Waals surface area contributed by atoms with Crippen molar-refractivity contribution in [2.45, 2.75) is 25.7 Å². The van der Waals surface area contributed by atoms with E-state index in [9.17, 15) is 19.8 Å². The molecule has 1 rings (SSSR count). The third-order valence-electron chi connectivity index (χ3n) is 2.88. The number of ether oxygens (including phenoxy) is 1. The van der Waals surface area contributed by atoms with Gasteiger partial charge in [-0.3, -0.25) is 0 Å². The molecule has 0 fully saturated rings. The second-order valence-electron chi connectivity index (χ2n) is 4.43. The number of esters is 1. The van der Waals surface area contributed by atoms with Gasteiger partial charge in [0.2, 0.25) is 0 Å². The summed E-state index contributed by atoms with van der Waals surface area (Å²) in [5, 5.41) is 36.5. The largest absolute Gasteiger partial charge is 0.507 e. The van der Waals surface area contributed by atoms with Gasteiger partial charge in [0, 0.05) is 6.61 Å². The summed E-state index contributed by atoms with van der Waals surface area (Å²) in [7, 11) is 0. The lowest BCUT2D eigenvalue weighted by Gasteiger charge is -2.09. The number of aliphatic hydroxyl groups excluding tert-OH is 1. The third-order valence-corrected chi connectivity index (χ3v) is 2.88. The topological polar surface area (TPSA) is 124 Å².